The first kappa shape index (κ1) is 23.3. The Bertz CT molecular complexity index is 1450. The normalized spacial score (nSPS) is 11.5. The summed E-state index contributed by atoms with van der Waals surface area (Å²) in [5.74, 6) is -1.20. The number of nitrogens with zero attached hydrogens (tertiary/aromatic N) is 3. The number of rotatable bonds is 7. The van der Waals surface area contributed by atoms with E-state index in [1.165, 1.54) is 20.4 Å². The van der Waals surface area contributed by atoms with Crippen molar-refractivity contribution < 1.29 is 26.7 Å². The minimum atomic E-state index is -4.48. The minimum absolute atomic E-state index is 0.0668. The smallest absolute Gasteiger partial charge is 0.269 e. The Balaban J connectivity index is 1.88. The van der Waals surface area contributed by atoms with Gasteiger partial charge >= 0.3 is 0 Å². The van der Waals surface area contributed by atoms with E-state index in [0.717, 1.165) is 27.8 Å². The van der Waals surface area contributed by atoms with Gasteiger partial charge in [-0.05, 0) is 46.3 Å². The maximum Gasteiger partial charge on any atom is 0.269 e. The van der Waals surface area contributed by atoms with Crippen LogP contribution in [0.2, 0.25) is 0 Å². The molecule has 172 valence electrons. The van der Waals surface area contributed by atoms with E-state index in [-0.39, 0.29) is 11.7 Å². The number of ether oxygens (including phenoxy) is 2. The molecule has 7 nitrogen and oxygen atoms in total. The molecule has 0 saturated carbocycles. The van der Waals surface area contributed by atoms with Crippen LogP contribution in [0.4, 0.5) is 13.9 Å². The molecule has 0 N–H and O–H groups in total. The van der Waals surface area contributed by atoms with E-state index in [1.807, 2.05) is 0 Å². The van der Waals surface area contributed by atoms with Crippen LogP contribution in [0.3, 0.4) is 0 Å². The number of thiazole rings is 1. The molecule has 0 bridgehead atoms. The van der Waals surface area contributed by atoms with Crippen LogP contribution in [0, 0.1) is 11.6 Å². The molecule has 2 heterocycles. The van der Waals surface area contributed by atoms with Crippen LogP contribution < -0.4 is 13.8 Å². The molecule has 0 amide bonds. The van der Waals surface area contributed by atoms with Crippen LogP contribution in [-0.2, 0) is 16.6 Å². The zero-order valence-corrected chi connectivity index (χ0v) is 20.5. The Kier molecular flexibility index (Phi) is 6.50. The molecule has 0 aliphatic heterocycles. The molecular weight excluding hydrogens is 540 g/mol. The van der Waals surface area contributed by atoms with Gasteiger partial charge in [0.25, 0.3) is 10.0 Å². The number of sulfonamides is 1. The van der Waals surface area contributed by atoms with Crippen molar-refractivity contribution in [2.75, 3.05) is 18.5 Å². The third-order valence-electron chi connectivity index (χ3n) is 4.69. The lowest BCUT2D eigenvalue weighted by Crippen LogP contribution is -2.31. The monoisotopic (exact) mass is 555 g/mol. The average Bonchev–Trinajstić information content (AvgIpc) is 3.19. The van der Waals surface area contributed by atoms with Crippen molar-refractivity contribution in [3.8, 4) is 11.5 Å². The first-order chi connectivity index (χ1) is 15.7. The summed E-state index contributed by atoms with van der Waals surface area (Å²) >= 11 is 4.40. The van der Waals surface area contributed by atoms with Gasteiger partial charge in [-0.2, -0.15) is 4.98 Å². The second-order valence-corrected chi connectivity index (χ2v) is 10.5. The lowest BCUT2D eigenvalue weighted by atomic mass is 10.2. The van der Waals surface area contributed by atoms with Gasteiger partial charge in [-0.1, -0.05) is 11.3 Å². The number of aromatic nitrogens is 2. The Morgan fingerprint density at radius 3 is 2.58 bits per heavy atom. The second kappa shape index (κ2) is 9.20. The molecule has 0 fully saturated rings. The van der Waals surface area contributed by atoms with Crippen molar-refractivity contribution in [2.45, 2.75) is 11.4 Å². The molecule has 2 aromatic carbocycles. The van der Waals surface area contributed by atoms with Gasteiger partial charge in [0.15, 0.2) is 5.65 Å². The van der Waals surface area contributed by atoms with Crippen LogP contribution in [0.15, 0.2) is 58.0 Å². The quantitative estimate of drug-likeness (QED) is 0.314. The summed E-state index contributed by atoms with van der Waals surface area (Å²) in [5.41, 5.74) is 0.817. The van der Waals surface area contributed by atoms with Crippen molar-refractivity contribution in [2.24, 2.45) is 0 Å². The van der Waals surface area contributed by atoms with Crippen molar-refractivity contribution >= 4 is 52.8 Å². The Morgan fingerprint density at radius 2 is 1.88 bits per heavy atom. The Labute approximate surface area is 200 Å². The topological polar surface area (TPSA) is 81.6 Å². The SMILES string of the molecule is COc1ccc(CN(c2nc3ncc(Br)cc3s2)S(=O)(=O)c2ccc(F)cc2F)c(OC)c1. The molecule has 0 radical (unpaired) electrons. The van der Waals surface area contributed by atoms with Crippen LogP contribution in [0.5, 0.6) is 11.5 Å². The van der Waals surface area contributed by atoms with Crippen LogP contribution >= 0.6 is 27.3 Å². The van der Waals surface area contributed by atoms with Crippen LogP contribution in [0.1, 0.15) is 5.56 Å². The molecule has 2 aromatic heterocycles. The van der Waals surface area contributed by atoms with Crippen LogP contribution in [-0.4, -0.2) is 32.6 Å². The lowest BCUT2D eigenvalue weighted by molar-refractivity contribution is 0.391. The molecule has 0 aliphatic carbocycles. The van der Waals surface area contributed by atoms with Gasteiger partial charge in [0.2, 0.25) is 5.13 Å². The number of methoxy groups -OCH3 is 2. The highest BCUT2D eigenvalue weighted by atomic mass is 79.9. The highest BCUT2D eigenvalue weighted by Gasteiger charge is 2.31. The zero-order chi connectivity index (χ0) is 23.8. The summed E-state index contributed by atoms with van der Waals surface area (Å²) in [6.07, 6.45) is 1.54. The van der Waals surface area contributed by atoms with Gasteiger partial charge in [-0.3, -0.25) is 0 Å². The first-order valence-electron chi connectivity index (χ1n) is 9.33. The van der Waals surface area contributed by atoms with Gasteiger partial charge in [0.05, 0.1) is 25.5 Å². The van der Waals surface area contributed by atoms with E-state index >= 15 is 0 Å². The molecule has 0 aliphatic rings. The molecule has 0 spiro atoms. The maximum absolute atomic E-state index is 14.5. The van der Waals surface area contributed by atoms with Gasteiger partial charge < -0.3 is 9.47 Å². The number of benzene rings is 2. The Morgan fingerprint density at radius 1 is 1.09 bits per heavy atom. The number of pyridine rings is 1. The summed E-state index contributed by atoms with van der Waals surface area (Å²) in [4.78, 5) is 7.87. The second-order valence-electron chi connectivity index (χ2n) is 6.74. The van der Waals surface area contributed by atoms with Crippen molar-refractivity contribution in [1.82, 2.24) is 9.97 Å². The molecule has 12 heteroatoms. The van der Waals surface area contributed by atoms with Crippen LogP contribution in [0.25, 0.3) is 10.3 Å². The molecule has 0 unspecified atom stereocenters. The predicted molar refractivity (Wildman–Crippen MR) is 124 cm³/mol. The number of anilines is 1. The number of hydrogen-bond donors (Lipinski definition) is 0. The largest absolute Gasteiger partial charge is 0.497 e. The number of halogens is 3. The third-order valence-corrected chi connectivity index (χ3v) is 8.02. The van der Waals surface area contributed by atoms with Crippen molar-refractivity contribution in [3.05, 3.63) is 70.3 Å². The van der Waals surface area contributed by atoms with E-state index in [0.29, 0.717) is 37.9 Å². The fourth-order valence-electron chi connectivity index (χ4n) is 3.09. The van der Waals surface area contributed by atoms with Crippen molar-refractivity contribution in [1.29, 1.82) is 0 Å². The van der Waals surface area contributed by atoms with E-state index in [4.69, 9.17) is 9.47 Å². The standard InChI is InChI=1S/C21H16BrF2N3O4S2/c1-30-15-5-3-12(17(9-15)31-2)11-27(21-26-20-18(32-21)7-13(22)10-25-20)33(28,29)19-6-4-14(23)8-16(19)24/h3-10H,11H2,1-2H3. The van der Waals surface area contributed by atoms with E-state index in [1.54, 1.807) is 24.3 Å². The Hall–Kier alpha value is -2.83. The van der Waals surface area contributed by atoms with E-state index in [2.05, 4.69) is 25.9 Å². The minimum Gasteiger partial charge on any atom is -0.497 e. The zero-order valence-electron chi connectivity index (χ0n) is 17.3. The maximum atomic E-state index is 14.5. The fourth-order valence-corrected chi connectivity index (χ4v) is 6.18. The first-order valence-corrected chi connectivity index (χ1v) is 12.4. The molecule has 0 saturated heterocycles. The molecule has 33 heavy (non-hydrogen) atoms. The van der Waals surface area contributed by atoms with Gasteiger partial charge in [-0.15, -0.1) is 0 Å². The summed E-state index contributed by atoms with van der Waals surface area (Å²) in [5, 5.41) is 0.0668. The number of fused-ring (bicyclic) bond motifs is 1. The molecular formula is C21H16BrF2N3O4S2. The molecule has 4 aromatic rings. The highest BCUT2D eigenvalue weighted by molar-refractivity contribution is 9.10. The predicted octanol–water partition coefficient (Wildman–Crippen LogP) is 5.14. The lowest BCUT2D eigenvalue weighted by Gasteiger charge is -2.23. The van der Waals surface area contributed by atoms with Crippen molar-refractivity contribution in [3.63, 3.8) is 0 Å². The fraction of sp³-hybridized carbons (Fsp3) is 0.143. The number of hydrogen-bond acceptors (Lipinski definition) is 7. The summed E-state index contributed by atoms with van der Waals surface area (Å²) in [6.45, 7) is -0.229. The van der Waals surface area contributed by atoms with Gasteiger partial charge in [-0.25, -0.2) is 26.5 Å². The highest BCUT2D eigenvalue weighted by Crippen LogP contribution is 2.36. The average molecular weight is 556 g/mol. The summed E-state index contributed by atoms with van der Waals surface area (Å²) in [6, 6.07) is 8.95. The summed E-state index contributed by atoms with van der Waals surface area (Å²) in [7, 11) is -1.55. The van der Waals surface area contributed by atoms with E-state index < -0.39 is 26.6 Å². The molecule has 4 rings (SSSR count). The van der Waals surface area contributed by atoms with Gasteiger partial charge in [0, 0.05) is 28.4 Å². The third kappa shape index (κ3) is 4.63. The molecule has 0 atom stereocenters. The van der Waals surface area contributed by atoms with Gasteiger partial charge in [0.1, 0.15) is 28.0 Å². The van der Waals surface area contributed by atoms with E-state index in [9.17, 15) is 17.2 Å². The summed E-state index contributed by atoms with van der Waals surface area (Å²) < 4.78 is 68.0.